The zero-order valence-electron chi connectivity index (χ0n) is 13.4. The average Bonchev–Trinajstić information content (AvgIpc) is 2.61. The van der Waals surface area contributed by atoms with Gasteiger partial charge in [0, 0.05) is 0 Å². The maximum atomic E-state index is 12.9. The second kappa shape index (κ2) is 6.85. The lowest BCUT2D eigenvalue weighted by Crippen LogP contribution is -2.04. The average molecular weight is 334 g/mol. The lowest BCUT2D eigenvalue weighted by molar-refractivity contribution is 0.596. The summed E-state index contributed by atoms with van der Waals surface area (Å²) in [4.78, 5) is 0.634. The van der Waals surface area contributed by atoms with Crippen LogP contribution in [0.1, 0.15) is 16.7 Å². The molecule has 0 N–H and O–H groups in total. The number of rotatable bonds is 4. The topological polar surface area (TPSA) is 34.1 Å². The predicted molar refractivity (Wildman–Crippen MR) is 98.4 cm³/mol. The van der Waals surface area contributed by atoms with Gasteiger partial charge in [-0.15, -0.1) is 0 Å². The van der Waals surface area contributed by atoms with Crippen molar-refractivity contribution in [3.8, 4) is 0 Å². The highest BCUT2D eigenvalue weighted by Gasteiger charge is 2.19. The molecule has 0 unspecified atom stereocenters. The van der Waals surface area contributed by atoms with Crippen molar-refractivity contribution in [3.63, 3.8) is 0 Å². The Balaban J connectivity index is 2.03. The Morgan fingerprint density at radius 2 is 1.33 bits per heavy atom. The molecule has 0 atom stereocenters. The Kier molecular flexibility index (Phi) is 4.63. The number of sulfone groups is 1. The number of benzene rings is 3. The summed E-state index contributed by atoms with van der Waals surface area (Å²) in [5, 5.41) is 0. The van der Waals surface area contributed by atoms with Gasteiger partial charge in [-0.05, 0) is 36.2 Å². The van der Waals surface area contributed by atoms with E-state index in [4.69, 9.17) is 0 Å². The van der Waals surface area contributed by atoms with Crippen molar-refractivity contribution >= 4 is 22.0 Å². The van der Waals surface area contributed by atoms with Crippen molar-refractivity contribution in [1.29, 1.82) is 0 Å². The molecule has 0 aliphatic heterocycles. The number of hydrogen-bond acceptors (Lipinski definition) is 2. The van der Waals surface area contributed by atoms with E-state index in [2.05, 4.69) is 0 Å². The van der Waals surface area contributed by atoms with Crippen LogP contribution in [0.15, 0.2) is 88.7 Å². The Hall–Kier alpha value is -2.65. The third-order valence-corrected chi connectivity index (χ3v) is 5.64. The molecule has 3 rings (SSSR count). The van der Waals surface area contributed by atoms with Crippen molar-refractivity contribution in [2.75, 3.05) is 0 Å². The Bertz CT molecular complexity index is 954. The standard InChI is InChI=1S/C21H18O2S/c1-17-11-15-20(16-12-17)24(22,23)21-10-6-5-9-19(21)14-13-18-7-3-2-4-8-18/h2-16H,1H3. The van der Waals surface area contributed by atoms with Crippen LogP contribution < -0.4 is 0 Å². The van der Waals surface area contributed by atoms with Gasteiger partial charge in [-0.25, -0.2) is 8.42 Å². The minimum atomic E-state index is -3.54. The molecule has 0 spiro atoms. The van der Waals surface area contributed by atoms with E-state index in [0.717, 1.165) is 11.1 Å². The van der Waals surface area contributed by atoms with Crippen molar-refractivity contribution in [2.45, 2.75) is 16.7 Å². The molecule has 0 saturated heterocycles. The number of hydrogen-bond donors (Lipinski definition) is 0. The molecule has 0 fully saturated rings. The lowest BCUT2D eigenvalue weighted by atomic mass is 10.1. The summed E-state index contributed by atoms with van der Waals surface area (Å²) < 4.78 is 25.9. The van der Waals surface area contributed by atoms with Gasteiger partial charge in [0.1, 0.15) is 0 Å². The Morgan fingerprint density at radius 3 is 2.04 bits per heavy atom. The monoisotopic (exact) mass is 334 g/mol. The predicted octanol–water partition coefficient (Wildman–Crippen LogP) is 5.00. The molecule has 0 saturated carbocycles. The van der Waals surface area contributed by atoms with Crippen LogP contribution in [0.4, 0.5) is 0 Å². The fourth-order valence-electron chi connectivity index (χ4n) is 2.46. The van der Waals surface area contributed by atoms with E-state index in [1.54, 1.807) is 24.3 Å². The highest BCUT2D eigenvalue weighted by Crippen LogP contribution is 2.25. The van der Waals surface area contributed by atoms with E-state index >= 15 is 0 Å². The molecule has 3 heteroatoms. The molecular formula is C21H18O2S. The van der Waals surface area contributed by atoms with E-state index in [1.165, 1.54) is 0 Å². The van der Waals surface area contributed by atoms with Crippen LogP contribution in [-0.2, 0) is 9.84 Å². The molecule has 3 aromatic rings. The SMILES string of the molecule is Cc1ccc(S(=O)(=O)c2ccccc2C=Cc2ccccc2)cc1. The fourth-order valence-corrected chi connectivity index (χ4v) is 3.91. The fraction of sp³-hybridized carbons (Fsp3) is 0.0476. The van der Waals surface area contributed by atoms with E-state index < -0.39 is 9.84 Å². The van der Waals surface area contributed by atoms with Gasteiger partial charge in [0.25, 0.3) is 0 Å². The van der Waals surface area contributed by atoms with Crippen molar-refractivity contribution in [1.82, 2.24) is 0 Å². The molecule has 0 bridgehead atoms. The third-order valence-electron chi connectivity index (χ3n) is 3.79. The molecular weight excluding hydrogens is 316 g/mol. The van der Waals surface area contributed by atoms with Crippen LogP contribution >= 0.6 is 0 Å². The molecule has 0 radical (unpaired) electrons. The minimum absolute atomic E-state index is 0.314. The summed E-state index contributed by atoms with van der Waals surface area (Å²) in [7, 11) is -3.54. The molecule has 120 valence electrons. The normalized spacial score (nSPS) is 11.7. The third kappa shape index (κ3) is 3.47. The van der Waals surface area contributed by atoms with E-state index in [0.29, 0.717) is 15.4 Å². The van der Waals surface area contributed by atoms with Gasteiger partial charge in [-0.1, -0.05) is 78.4 Å². The van der Waals surface area contributed by atoms with Gasteiger partial charge in [0.2, 0.25) is 9.84 Å². The Labute approximate surface area is 143 Å². The number of aryl methyl sites for hydroxylation is 1. The first-order valence-corrected chi connectivity index (χ1v) is 9.19. The van der Waals surface area contributed by atoms with Crippen molar-refractivity contribution in [3.05, 3.63) is 95.6 Å². The highest BCUT2D eigenvalue weighted by molar-refractivity contribution is 7.91. The van der Waals surface area contributed by atoms with E-state index in [-0.39, 0.29) is 0 Å². The molecule has 0 heterocycles. The zero-order valence-corrected chi connectivity index (χ0v) is 14.2. The maximum Gasteiger partial charge on any atom is 0.207 e. The van der Waals surface area contributed by atoms with Crippen LogP contribution in [-0.4, -0.2) is 8.42 Å². The van der Waals surface area contributed by atoms with Crippen LogP contribution in [0.2, 0.25) is 0 Å². The van der Waals surface area contributed by atoms with Crippen molar-refractivity contribution in [2.24, 2.45) is 0 Å². The molecule has 0 aliphatic carbocycles. The minimum Gasteiger partial charge on any atom is -0.218 e. The molecule has 24 heavy (non-hydrogen) atoms. The molecule has 3 aromatic carbocycles. The summed E-state index contributed by atoms with van der Waals surface area (Å²) in [6.45, 7) is 1.94. The smallest absolute Gasteiger partial charge is 0.207 e. The first-order chi connectivity index (χ1) is 11.6. The van der Waals surface area contributed by atoms with Crippen LogP contribution in [0.5, 0.6) is 0 Å². The molecule has 0 aliphatic rings. The Morgan fingerprint density at radius 1 is 0.708 bits per heavy atom. The van der Waals surface area contributed by atoms with Crippen LogP contribution in [0.3, 0.4) is 0 Å². The second-order valence-corrected chi connectivity index (χ2v) is 7.52. The van der Waals surface area contributed by atoms with Crippen LogP contribution in [0.25, 0.3) is 12.2 Å². The van der Waals surface area contributed by atoms with E-state index in [1.807, 2.05) is 73.7 Å². The summed E-state index contributed by atoms with van der Waals surface area (Å²) >= 11 is 0. The first kappa shape index (κ1) is 16.2. The van der Waals surface area contributed by atoms with E-state index in [9.17, 15) is 8.42 Å². The first-order valence-electron chi connectivity index (χ1n) is 7.71. The van der Waals surface area contributed by atoms with Gasteiger partial charge >= 0.3 is 0 Å². The van der Waals surface area contributed by atoms with Crippen LogP contribution in [0, 0.1) is 6.92 Å². The maximum absolute atomic E-state index is 12.9. The molecule has 0 amide bonds. The lowest BCUT2D eigenvalue weighted by Gasteiger charge is -2.08. The van der Waals surface area contributed by atoms with Gasteiger partial charge in [0.05, 0.1) is 9.79 Å². The second-order valence-electron chi connectivity index (χ2n) is 5.60. The quantitative estimate of drug-likeness (QED) is 0.629. The summed E-state index contributed by atoms with van der Waals surface area (Å²) in [6, 6.07) is 23.8. The van der Waals surface area contributed by atoms with Gasteiger partial charge in [0.15, 0.2) is 0 Å². The largest absolute Gasteiger partial charge is 0.218 e. The summed E-state index contributed by atoms with van der Waals surface area (Å²) in [5.74, 6) is 0. The molecule has 2 nitrogen and oxygen atoms in total. The van der Waals surface area contributed by atoms with Crippen molar-refractivity contribution < 1.29 is 8.42 Å². The highest BCUT2D eigenvalue weighted by atomic mass is 32.2. The van der Waals surface area contributed by atoms with Gasteiger partial charge < -0.3 is 0 Å². The summed E-state index contributed by atoms with van der Waals surface area (Å²) in [6.07, 6.45) is 3.76. The van der Waals surface area contributed by atoms with Gasteiger partial charge in [-0.2, -0.15) is 0 Å². The van der Waals surface area contributed by atoms with Gasteiger partial charge in [-0.3, -0.25) is 0 Å². The summed E-state index contributed by atoms with van der Waals surface area (Å²) in [5.41, 5.74) is 2.74. The molecule has 0 aromatic heterocycles. The zero-order chi connectivity index (χ0) is 17.0.